The van der Waals surface area contributed by atoms with Gasteiger partial charge in [-0.1, -0.05) is 38.1 Å². The van der Waals surface area contributed by atoms with Gasteiger partial charge in [0.25, 0.3) is 6.47 Å². The van der Waals surface area contributed by atoms with Crippen LogP contribution in [0.4, 0.5) is 10.1 Å². The molecule has 1 heterocycles. The summed E-state index contributed by atoms with van der Waals surface area (Å²) in [4.78, 5) is 8.95. The molecule has 0 bridgehead atoms. The summed E-state index contributed by atoms with van der Waals surface area (Å²) in [6.07, 6.45) is 1.70. The smallest absolute Gasteiger partial charge is 0.292 e. The highest BCUT2D eigenvalue weighted by atomic mass is 19.1. The van der Waals surface area contributed by atoms with Gasteiger partial charge in [0, 0.05) is 17.8 Å². The first-order valence-corrected chi connectivity index (χ1v) is 8.73. The van der Waals surface area contributed by atoms with E-state index in [0.717, 1.165) is 28.1 Å². The Hall–Kier alpha value is -3.08. The van der Waals surface area contributed by atoms with E-state index in [1.54, 1.807) is 18.4 Å². The fourth-order valence-corrected chi connectivity index (χ4v) is 2.26. The normalized spacial score (nSPS) is 9.22. The number of furan rings is 1. The summed E-state index contributed by atoms with van der Waals surface area (Å²) in [6.45, 7) is 7.00. The summed E-state index contributed by atoms with van der Waals surface area (Å²) in [5, 5.41) is 3.32. The highest BCUT2D eigenvalue weighted by molar-refractivity contribution is 5.67. The van der Waals surface area contributed by atoms with Gasteiger partial charge in [-0.05, 0) is 48.4 Å². The molecule has 27 heavy (non-hydrogen) atoms. The van der Waals surface area contributed by atoms with Crippen LogP contribution in [0.2, 0.25) is 0 Å². The van der Waals surface area contributed by atoms with Gasteiger partial charge in [0.05, 0.1) is 13.4 Å². The van der Waals surface area contributed by atoms with Crippen molar-refractivity contribution in [3.63, 3.8) is 0 Å². The first kappa shape index (κ1) is 22.0. The number of ether oxygens (including phenoxy) is 1. The number of hydrogen-bond donors (Lipinski definition) is 1. The van der Waals surface area contributed by atoms with E-state index < -0.39 is 0 Å². The van der Waals surface area contributed by atoms with Gasteiger partial charge in [-0.15, -0.1) is 0 Å². The Morgan fingerprint density at radius 3 is 2.11 bits per heavy atom. The van der Waals surface area contributed by atoms with Crippen molar-refractivity contribution in [1.82, 2.24) is 0 Å². The van der Waals surface area contributed by atoms with Crippen LogP contribution in [0.5, 0.6) is 0 Å². The zero-order valence-electron chi connectivity index (χ0n) is 16.2. The molecule has 0 unspecified atom stereocenters. The molecule has 1 N–H and O–H groups in total. The van der Waals surface area contributed by atoms with Crippen LogP contribution in [0.1, 0.15) is 25.2 Å². The maximum atomic E-state index is 12.8. The van der Waals surface area contributed by atoms with Crippen LogP contribution in [0.15, 0.2) is 65.3 Å². The van der Waals surface area contributed by atoms with Gasteiger partial charge < -0.3 is 14.5 Å². The Kier molecular flexibility index (Phi) is 10.0. The van der Waals surface area contributed by atoms with E-state index in [1.165, 1.54) is 19.2 Å². The van der Waals surface area contributed by atoms with Gasteiger partial charge in [-0.25, -0.2) is 4.39 Å². The van der Waals surface area contributed by atoms with Crippen molar-refractivity contribution >= 4 is 12.2 Å². The second-order valence-corrected chi connectivity index (χ2v) is 5.28. The number of aryl methyl sites for hydroxylation is 1. The molecule has 5 heteroatoms. The molecule has 3 rings (SSSR count). The first-order valence-electron chi connectivity index (χ1n) is 8.73. The Balaban J connectivity index is 0.000000541. The van der Waals surface area contributed by atoms with Gasteiger partial charge in [0.15, 0.2) is 0 Å². The minimum atomic E-state index is -0.210. The Morgan fingerprint density at radius 2 is 1.63 bits per heavy atom. The molecule has 1 aromatic heterocycles. The Labute approximate surface area is 160 Å². The molecular formula is C22H26FNO3. The second kappa shape index (κ2) is 12.3. The fourth-order valence-electron chi connectivity index (χ4n) is 2.26. The topological polar surface area (TPSA) is 51.5 Å². The van der Waals surface area contributed by atoms with Crippen LogP contribution >= 0.6 is 0 Å². The van der Waals surface area contributed by atoms with Crippen LogP contribution in [-0.4, -0.2) is 13.6 Å². The van der Waals surface area contributed by atoms with Gasteiger partial charge in [-0.2, -0.15) is 0 Å². The number of halogens is 1. The lowest BCUT2D eigenvalue weighted by Gasteiger charge is -2.07. The zero-order valence-corrected chi connectivity index (χ0v) is 16.2. The lowest BCUT2D eigenvalue weighted by molar-refractivity contribution is -0.126. The summed E-state index contributed by atoms with van der Waals surface area (Å²) in [7, 11) is 1.31. The predicted molar refractivity (Wildman–Crippen MR) is 107 cm³/mol. The van der Waals surface area contributed by atoms with Gasteiger partial charge >= 0.3 is 0 Å². The average molecular weight is 371 g/mol. The molecular weight excluding hydrogens is 345 g/mol. The number of carbonyl (C=O) groups is 1. The van der Waals surface area contributed by atoms with Crippen molar-refractivity contribution in [2.75, 3.05) is 12.4 Å². The highest BCUT2D eigenvalue weighted by Gasteiger charge is 2.04. The van der Waals surface area contributed by atoms with Gasteiger partial charge in [-0.3, -0.25) is 4.79 Å². The van der Waals surface area contributed by atoms with Gasteiger partial charge in [0.1, 0.15) is 11.6 Å². The SMILES string of the molecule is CC.COC=O.Cc1occc1-c1ccc(NCc2ccc(F)cc2)cc1. The third-order valence-electron chi connectivity index (χ3n) is 3.56. The molecule has 0 spiro atoms. The molecule has 0 atom stereocenters. The van der Waals surface area contributed by atoms with Crippen molar-refractivity contribution in [2.24, 2.45) is 0 Å². The molecule has 3 aromatic rings. The van der Waals surface area contributed by atoms with Gasteiger partial charge in [0.2, 0.25) is 0 Å². The van der Waals surface area contributed by atoms with Crippen molar-refractivity contribution in [2.45, 2.75) is 27.3 Å². The average Bonchev–Trinajstić information content (AvgIpc) is 3.15. The number of anilines is 1. The zero-order chi connectivity index (χ0) is 20.1. The second-order valence-electron chi connectivity index (χ2n) is 5.28. The van der Waals surface area contributed by atoms with Crippen LogP contribution in [0, 0.1) is 12.7 Å². The number of nitrogens with one attached hydrogen (secondary N) is 1. The molecule has 0 radical (unpaired) electrons. The van der Waals surface area contributed by atoms with E-state index >= 15 is 0 Å². The largest absolute Gasteiger partial charge is 0.471 e. The number of rotatable bonds is 5. The minimum Gasteiger partial charge on any atom is -0.471 e. The molecule has 0 aliphatic heterocycles. The summed E-state index contributed by atoms with van der Waals surface area (Å²) in [6, 6.07) is 16.7. The summed E-state index contributed by atoms with van der Waals surface area (Å²) < 4.78 is 22.0. The molecule has 0 amide bonds. The predicted octanol–water partition coefficient (Wildman–Crippen LogP) is 5.82. The minimum absolute atomic E-state index is 0.210. The molecule has 0 saturated carbocycles. The molecule has 2 aromatic carbocycles. The molecule has 0 aliphatic carbocycles. The van der Waals surface area contributed by atoms with Crippen LogP contribution in [0.25, 0.3) is 11.1 Å². The standard InChI is InChI=1S/C18H16FNO.C2H4O2.C2H6/c1-13-18(10-11-21-13)15-4-8-17(9-5-15)20-12-14-2-6-16(19)7-3-14;1-4-2-3;1-2/h2-11,20H,12H2,1H3;2H,1H3;1-2H3. The fraction of sp³-hybridized carbons (Fsp3) is 0.227. The van der Waals surface area contributed by atoms with E-state index in [0.29, 0.717) is 13.0 Å². The third-order valence-corrected chi connectivity index (χ3v) is 3.56. The van der Waals surface area contributed by atoms with E-state index in [2.05, 4.69) is 22.2 Å². The Bertz CT molecular complexity index is 780. The lowest BCUT2D eigenvalue weighted by atomic mass is 10.1. The molecule has 0 fully saturated rings. The molecule has 0 aliphatic rings. The summed E-state index contributed by atoms with van der Waals surface area (Å²) in [5.41, 5.74) is 4.32. The molecule has 0 saturated heterocycles. The number of benzene rings is 2. The van der Waals surface area contributed by atoms with Crippen molar-refractivity contribution in [1.29, 1.82) is 0 Å². The van der Waals surface area contributed by atoms with Crippen LogP contribution < -0.4 is 5.32 Å². The third kappa shape index (κ3) is 7.36. The van der Waals surface area contributed by atoms with Crippen LogP contribution in [0.3, 0.4) is 0 Å². The van der Waals surface area contributed by atoms with Crippen molar-refractivity contribution < 1.29 is 18.3 Å². The number of hydrogen-bond acceptors (Lipinski definition) is 4. The maximum absolute atomic E-state index is 12.8. The van der Waals surface area contributed by atoms with Crippen LogP contribution in [-0.2, 0) is 16.1 Å². The monoisotopic (exact) mass is 371 g/mol. The summed E-state index contributed by atoms with van der Waals surface area (Å²) in [5.74, 6) is 0.709. The van der Waals surface area contributed by atoms with E-state index in [1.807, 2.05) is 39.0 Å². The lowest BCUT2D eigenvalue weighted by Crippen LogP contribution is -1.99. The first-order chi connectivity index (χ1) is 13.1. The van der Waals surface area contributed by atoms with Crippen molar-refractivity contribution in [3.05, 3.63) is 78.0 Å². The van der Waals surface area contributed by atoms with E-state index in [4.69, 9.17) is 9.21 Å². The van der Waals surface area contributed by atoms with Crippen molar-refractivity contribution in [3.8, 4) is 11.1 Å². The quantitative estimate of drug-likeness (QED) is 0.574. The molecule has 4 nitrogen and oxygen atoms in total. The number of methoxy groups -OCH3 is 1. The Morgan fingerprint density at radius 1 is 1.04 bits per heavy atom. The van der Waals surface area contributed by atoms with E-state index in [-0.39, 0.29) is 5.82 Å². The van der Waals surface area contributed by atoms with E-state index in [9.17, 15) is 4.39 Å². The number of carbonyl (C=O) groups excluding carboxylic acids is 1. The highest BCUT2D eigenvalue weighted by Crippen LogP contribution is 2.25. The molecule has 144 valence electrons. The summed E-state index contributed by atoms with van der Waals surface area (Å²) >= 11 is 0. The maximum Gasteiger partial charge on any atom is 0.292 e.